The molecule has 0 aliphatic carbocycles. The van der Waals surface area contributed by atoms with Crippen molar-refractivity contribution in [3.05, 3.63) is 29.8 Å². The van der Waals surface area contributed by atoms with Gasteiger partial charge in [-0.1, -0.05) is 19.1 Å². The molecule has 2 amide bonds. The van der Waals surface area contributed by atoms with Crippen molar-refractivity contribution in [2.24, 2.45) is 5.73 Å². The third-order valence-electron chi connectivity index (χ3n) is 3.43. The second-order valence-electron chi connectivity index (χ2n) is 5.03. The first kappa shape index (κ1) is 14.8. The summed E-state index contributed by atoms with van der Waals surface area (Å²) in [6.07, 6.45) is 1.80. The fourth-order valence-corrected chi connectivity index (χ4v) is 2.28. The van der Waals surface area contributed by atoms with E-state index in [9.17, 15) is 4.79 Å². The van der Waals surface area contributed by atoms with Crippen molar-refractivity contribution in [3.8, 4) is 0 Å². The summed E-state index contributed by atoms with van der Waals surface area (Å²) >= 11 is 0. The number of nitrogens with one attached hydrogen (secondary N) is 1. The molecule has 1 aromatic carbocycles. The van der Waals surface area contributed by atoms with E-state index < -0.39 is 0 Å². The maximum absolute atomic E-state index is 12.4. The van der Waals surface area contributed by atoms with Gasteiger partial charge in [-0.15, -0.1) is 0 Å². The molecule has 0 spiro atoms. The van der Waals surface area contributed by atoms with Crippen molar-refractivity contribution >= 4 is 11.7 Å². The number of carbonyl (C=O) groups excluding carboxylic acids is 1. The number of urea groups is 1. The summed E-state index contributed by atoms with van der Waals surface area (Å²) in [5.41, 5.74) is 7.56. The molecular formula is C15H23N3O2. The van der Waals surface area contributed by atoms with Crippen LogP contribution < -0.4 is 16.0 Å². The Labute approximate surface area is 120 Å². The third kappa shape index (κ3) is 3.71. The van der Waals surface area contributed by atoms with Crippen molar-refractivity contribution in [3.63, 3.8) is 0 Å². The van der Waals surface area contributed by atoms with E-state index in [1.807, 2.05) is 24.3 Å². The zero-order valence-electron chi connectivity index (χ0n) is 12.0. The van der Waals surface area contributed by atoms with E-state index in [1.165, 1.54) is 0 Å². The number of anilines is 1. The van der Waals surface area contributed by atoms with Crippen molar-refractivity contribution in [2.75, 3.05) is 24.7 Å². The molecule has 0 bridgehead atoms. The van der Waals surface area contributed by atoms with Gasteiger partial charge in [0, 0.05) is 25.4 Å². The van der Waals surface area contributed by atoms with Crippen LogP contribution in [-0.4, -0.2) is 31.8 Å². The normalized spacial score (nSPS) is 18.0. The van der Waals surface area contributed by atoms with Crippen molar-refractivity contribution < 1.29 is 9.53 Å². The first-order valence-electron chi connectivity index (χ1n) is 7.19. The molecule has 110 valence electrons. The zero-order chi connectivity index (χ0) is 14.4. The molecule has 2 rings (SSSR count). The van der Waals surface area contributed by atoms with Crippen LogP contribution in [0.3, 0.4) is 0 Å². The highest BCUT2D eigenvalue weighted by molar-refractivity contribution is 5.92. The van der Waals surface area contributed by atoms with Crippen LogP contribution in [0.5, 0.6) is 0 Å². The minimum Gasteiger partial charge on any atom is -0.379 e. The molecule has 0 aromatic heterocycles. The van der Waals surface area contributed by atoms with Gasteiger partial charge in [0.2, 0.25) is 0 Å². The minimum atomic E-state index is -0.0529. The summed E-state index contributed by atoms with van der Waals surface area (Å²) < 4.78 is 5.29. The van der Waals surface area contributed by atoms with Gasteiger partial charge in [-0.05, 0) is 30.5 Å². The Morgan fingerprint density at radius 3 is 2.75 bits per heavy atom. The predicted molar refractivity (Wildman–Crippen MR) is 79.7 cm³/mol. The number of benzene rings is 1. The Kier molecular flexibility index (Phi) is 5.38. The molecule has 5 nitrogen and oxygen atoms in total. The van der Waals surface area contributed by atoms with Crippen LogP contribution in [0, 0.1) is 0 Å². The molecule has 1 aliphatic heterocycles. The average Bonchev–Trinajstić information content (AvgIpc) is 2.97. The molecule has 3 N–H and O–H groups in total. The maximum atomic E-state index is 12.4. The molecule has 1 aliphatic rings. The Balaban J connectivity index is 2.05. The maximum Gasteiger partial charge on any atom is 0.322 e. The van der Waals surface area contributed by atoms with Gasteiger partial charge >= 0.3 is 6.03 Å². The molecule has 5 heteroatoms. The van der Waals surface area contributed by atoms with E-state index in [0.717, 1.165) is 30.7 Å². The molecule has 1 saturated heterocycles. The summed E-state index contributed by atoms with van der Waals surface area (Å²) in [6, 6.07) is 7.90. The van der Waals surface area contributed by atoms with Gasteiger partial charge in [0.15, 0.2) is 0 Å². The lowest BCUT2D eigenvalue weighted by molar-refractivity contribution is 0.189. The number of ether oxygens (including phenoxy) is 1. The van der Waals surface area contributed by atoms with Gasteiger partial charge in [0.05, 0.1) is 12.6 Å². The van der Waals surface area contributed by atoms with Crippen LogP contribution in [0.4, 0.5) is 10.5 Å². The minimum absolute atomic E-state index is 0.0529. The van der Waals surface area contributed by atoms with Crippen LogP contribution in [-0.2, 0) is 11.3 Å². The molecule has 1 atom stereocenters. The van der Waals surface area contributed by atoms with Crippen molar-refractivity contribution in [1.29, 1.82) is 0 Å². The number of nitrogens with zero attached hydrogens (tertiary/aromatic N) is 1. The van der Waals surface area contributed by atoms with E-state index in [-0.39, 0.29) is 12.1 Å². The number of hydrogen-bond acceptors (Lipinski definition) is 3. The van der Waals surface area contributed by atoms with Crippen LogP contribution in [0.15, 0.2) is 24.3 Å². The van der Waals surface area contributed by atoms with E-state index >= 15 is 0 Å². The third-order valence-corrected chi connectivity index (χ3v) is 3.43. The smallest absolute Gasteiger partial charge is 0.322 e. The van der Waals surface area contributed by atoms with E-state index in [4.69, 9.17) is 10.5 Å². The summed E-state index contributed by atoms with van der Waals surface area (Å²) in [4.78, 5) is 14.2. The van der Waals surface area contributed by atoms with Crippen LogP contribution in [0.1, 0.15) is 25.3 Å². The topological polar surface area (TPSA) is 67.6 Å². The number of rotatable bonds is 5. The quantitative estimate of drug-likeness (QED) is 0.863. The monoisotopic (exact) mass is 277 g/mol. The van der Waals surface area contributed by atoms with Gasteiger partial charge in [0.1, 0.15) is 0 Å². The first-order chi connectivity index (χ1) is 9.74. The number of hydrogen-bond donors (Lipinski definition) is 2. The highest BCUT2D eigenvalue weighted by Crippen LogP contribution is 2.16. The summed E-state index contributed by atoms with van der Waals surface area (Å²) in [7, 11) is 0. The lowest BCUT2D eigenvalue weighted by Gasteiger charge is -2.24. The van der Waals surface area contributed by atoms with Crippen molar-refractivity contribution in [2.45, 2.75) is 32.4 Å². The summed E-state index contributed by atoms with van der Waals surface area (Å²) in [5, 5.41) is 3.03. The highest BCUT2D eigenvalue weighted by atomic mass is 16.5. The van der Waals surface area contributed by atoms with Gasteiger partial charge in [-0.3, -0.25) is 4.90 Å². The van der Waals surface area contributed by atoms with Crippen LogP contribution >= 0.6 is 0 Å². The van der Waals surface area contributed by atoms with E-state index in [0.29, 0.717) is 19.7 Å². The molecule has 1 heterocycles. The van der Waals surface area contributed by atoms with E-state index in [1.54, 1.807) is 4.90 Å². The second-order valence-corrected chi connectivity index (χ2v) is 5.03. The molecule has 0 saturated carbocycles. The molecular weight excluding hydrogens is 254 g/mol. The lowest BCUT2D eigenvalue weighted by Crippen LogP contribution is -2.45. The molecule has 1 unspecified atom stereocenters. The zero-order valence-corrected chi connectivity index (χ0v) is 12.0. The largest absolute Gasteiger partial charge is 0.379 e. The second kappa shape index (κ2) is 7.26. The number of carbonyl (C=O) groups is 1. The molecule has 0 radical (unpaired) electrons. The standard InChI is InChI=1S/C15H23N3O2/c1-2-8-18(14-5-3-12(10-16)4-6-14)15(19)17-13-7-9-20-11-13/h3-6,13H,2,7-11,16H2,1H3,(H,17,19). The Bertz CT molecular complexity index is 427. The predicted octanol–water partition coefficient (Wildman–Crippen LogP) is 1.86. The molecule has 1 fully saturated rings. The summed E-state index contributed by atoms with van der Waals surface area (Å²) in [5.74, 6) is 0. The number of amides is 2. The average molecular weight is 277 g/mol. The Morgan fingerprint density at radius 1 is 1.45 bits per heavy atom. The van der Waals surface area contributed by atoms with Gasteiger partial charge in [-0.25, -0.2) is 4.79 Å². The Hall–Kier alpha value is -1.59. The Morgan fingerprint density at radius 2 is 2.20 bits per heavy atom. The summed E-state index contributed by atoms with van der Waals surface area (Å²) in [6.45, 7) is 4.61. The van der Waals surface area contributed by atoms with Crippen molar-refractivity contribution in [1.82, 2.24) is 5.32 Å². The number of nitrogens with two attached hydrogens (primary N) is 1. The van der Waals surface area contributed by atoms with Crippen LogP contribution in [0.25, 0.3) is 0 Å². The fourth-order valence-electron chi connectivity index (χ4n) is 2.28. The molecule has 20 heavy (non-hydrogen) atoms. The van der Waals surface area contributed by atoms with Gasteiger partial charge in [0.25, 0.3) is 0 Å². The van der Waals surface area contributed by atoms with Gasteiger partial charge in [-0.2, -0.15) is 0 Å². The fraction of sp³-hybridized carbons (Fsp3) is 0.533. The first-order valence-corrected chi connectivity index (χ1v) is 7.19. The van der Waals surface area contributed by atoms with Gasteiger partial charge < -0.3 is 15.8 Å². The SMILES string of the molecule is CCCN(C(=O)NC1CCOC1)c1ccc(CN)cc1. The van der Waals surface area contributed by atoms with E-state index in [2.05, 4.69) is 12.2 Å². The molecule has 1 aromatic rings. The van der Waals surface area contributed by atoms with Crippen LogP contribution in [0.2, 0.25) is 0 Å². The lowest BCUT2D eigenvalue weighted by atomic mass is 10.2. The highest BCUT2D eigenvalue weighted by Gasteiger charge is 2.21.